The van der Waals surface area contributed by atoms with Gasteiger partial charge in [-0.1, -0.05) is 61.2 Å². The van der Waals surface area contributed by atoms with E-state index in [1.165, 1.54) is 16.7 Å². The second kappa shape index (κ2) is 10.4. The molecule has 0 bridgehead atoms. The number of nitrogens with zero attached hydrogens (tertiary/aromatic N) is 1. The average molecular weight is 407 g/mol. The summed E-state index contributed by atoms with van der Waals surface area (Å²) in [4.78, 5) is 15.0. The quantitative estimate of drug-likeness (QED) is 0.623. The van der Waals surface area contributed by atoms with Crippen LogP contribution in [0.2, 0.25) is 0 Å². The summed E-state index contributed by atoms with van der Waals surface area (Å²) < 4.78 is 5.34. The van der Waals surface area contributed by atoms with E-state index >= 15 is 0 Å². The molecule has 0 saturated heterocycles. The zero-order chi connectivity index (χ0) is 21.5. The van der Waals surface area contributed by atoms with Crippen molar-refractivity contribution in [3.05, 3.63) is 83.6 Å². The van der Waals surface area contributed by atoms with Crippen molar-refractivity contribution in [3.8, 4) is 0 Å². The van der Waals surface area contributed by atoms with Gasteiger partial charge in [0.15, 0.2) is 0 Å². The summed E-state index contributed by atoms with van der Waals surface area (Å²) in [7, 11) is 0. The molecule has 0 aromatic heterocycles. The van der Waals surface area contributed by atoms with Crippen LogP contribution >= 0.6 is 0 Å². The first-order valence-electron chi connectivity index (χ1n) is 11.0. The maximum Gasteiger partial charge on any atom is 0.323 e. The lowest BCUT2D eigenvalue weighted by molar-refractivity contribution is -0.146. The number of rotatable bonds is 9. The minimum Gasteiger partial charge on any atom is -0.465 e. The van der Waals surface area contributed by atoms with Gasteiger partial charge in [-0.15, -0.1) is 0 Å². The maximum absolute atomic E-state index is 12.6. The molecule has 1 N–H and O–H groups in total. The van der Waals surface area contributed by atoms with E-state index in [1.807, 2.05) is 25.1 Å². The first-order chi connectivity index (χ1) is 14.5. The highest BCUT2D eigenvalue weighted by Gasteiger charge is 2.28. The van der Waals surface area contributed by atoms with Crippen LogP contribution in [0.5, 0.6) is 0 Å². The van der Waals surface area contributed by atoms with Crippen molar-refractivity contribution < 1.29 is 9.53 Å². The molecule has 4 heteroatoms. The summed E-state index contributed by atoms with van der Waals surface area (Å²) in [5.41, 5.74) is 5.02. The van der Waals surface area contributed by atoms with Gasteiger partial charge < -0.3 is 9.64 Å². The molecule has 0 saturated carbocycles. The van der Waals surface area contributed by atoms with Gasteiger partial charge in [0.1, 0.15) is 6.04 Å². The number of carbonyl (C=O) groups excluding carboxylic acids is 1. The standard InChI is InChI=1S/C26H34N2O2/c1-5-30-26(29)25(16-15-22-11-7-6-8-12-22)27-20(3)21(4)28-18-24-14-10-9-13-23(24)17-19(28)2/h6-14,19-20,25,27H,4-5,15-18H2,1-3H3/t19-,20+,25?/m1/s1. The highest BCUT2D eigenvalue weighted by molar-refractivity contribution is 5.75. The Morgan fingerprint density at radius 2 is 1.83 bits per heavy atom. The van der Waals surface area contributed by atoms with Gasteiger partial charge in [-0.05, 0) is 56.7 Å². The molecule has 0 fully saturated rings. The molecule has 0 amide bonds. The highest BCUT2D eigenvalue weighted by atomic mass is 16.5. The molecule has 0 spiro atoms. The largest absolute Gasteiger partial charge is 0.465 e. The van der Waals surface area contributed by atoms with Crippen LogP contribution in [-0.2, 0) is 28.9 Å². The normalized spacial score (nSPS) is 17.7. The average Bonchev–Trinajstić information content (AvgIpc) is 2.76. The van der Waals surface area contributed by atoms with Crippen molar-refractivity contribution in [1.82, 2.24) is 10.2 Å². The minimum atomic E-state index is -0.357. The van der Waals surface area contributed by atoms with Crippen LogP contribution in [0.1, 0.15) is 43.9 Å². The van der Waals surface area contributed by atoms with Gasteiger partial charge in [-0.3, -0.25) is 10.1 Å². The first-order valence-corrected chi connectivity index (χ1v) is 11.0. The summed E-state index contributed by atoms with van der Waals surface area (Å²) in [6.45, 7) is 11.8. The van der Waals surface area contributed by atoms with E-state index in [0.717, 1.165) is 25.1 Å². The minimum absolute atomic E-state index is 0.0251. The summed E-state index contributed by atoms with van der Waals surface area (Å²) >= 11 is 0. The Hall–Kier alpha value is -2.59. The Labute approximate surface area is 180 Å². The molecule has 2 aromatic rings. The summed E-state index contributed by atoms with van der Waals surface area (Å²) in [6, 6.07) is 18.9. The Morgan fingerprint density at radius 3 is 2.53 bits per heavy atom. The summed E-state index contributed by atoms with van der Waals surface area (Å²) in [6.07, 6.45) is 2.53. The zero-order valence-electron chi connectivity index (χ0n) is 18.4. The molecule has 30 heavy (non-hydrogen) atoms. The van der Waals surface area contributed by atoms with Crippen LogP contribution in [0.15, 0.2) is 66.9 Å². The van der Waals surface area contributed by atoms with E-state index in [1.54, 1.807) is 0 Å². The second-order valence-corrected chi connectivity index (χ2v) is 8.16. The van der Waals surface area contributed by atoms with E-state index in [0.29, 0.717) is 19.1 Å². The van der Waals surface area contributed by atoms with Crippen LogP contribution in [0.4, 0.5) is 0 Å². The first kappa shape index (κ1) is 22.1. The zero-order valence-corrected chi connectivity index (χ0v) is 18.4. The molecule has 1 unspecified atom stereocenters. The molecule has 160 valence electrons. The number of esters is 1. The van der Waals surface area contributed by atoms with Gasteiger partial charge in [0.05, 0.1) is 6.61 Å². The predicted octanol–water partition coefficient (Wildman–Crippen LogP) is 4.49. The number of hydrogen-bond donors (Lipinski definition) is 1. The highest BCUT2D eigenvalue weighted by Crippen LogP contribution is 2.27. The molecule has 1 aliphatic heterocycles. The molecule has 1 aliphatic rings. The smallest absolute Gasteiger partial charge is 0.323 e. The van der Waals surface area contributed by atoms with Crippen molar-refractivity contribution in [1.29, 1.82) is 0 Å². The van der Waals surface area contributed by atoms with Crippen LogP contribution < -0.4 is 5.32 Å². The maximum atomic E-state index is 12.6. The van der Waals surface area contributed by atoms with Crippen LogP contribution in [0.25, 0.3) is 0 Å². The molecule has 0 aliphatic carbocycles. The Bertz CT molecular complexity index is 849. The van der Waals surface area contributed by atoms with Crippen molar-refractivity contribution in [2.75, 3.05) is 6.61 Å². The van der Waals surface area contributed by atoms with Gasteiger partial charge in [-0.2, -0.15) is 0 Å². The van der Waals surface area contributed by atoms with E-state index in [2.05, 4.69) is 67.0 Å². The van der Waals surface area contributed by atoms with E-state index in [4.69, 9.17) is 4.74 Å². The molecule has 3 rings (SSSR count). The number of carbonyl (C=O) groups is 1. The van der Waals surface area contributed by atoms with Crippen molar-refractivity contribution >= 4 is 5.97 Å². The molecular formula is C26H34N2O2. The van der Waals surface area contributed by atoms with Gasteiger partial charge in [-0.25, -0.2) is 0 Å². The van der Waals surface area contributed by atoms with Crippen molar-refractivity contribution in [2.45, 2.75) is 64.7 Å². The van der Waals surface area contributed by atoms with Crippen LogP contribution in [0.3, 0.4) is 0 Å². The van der Waals surface area contributed by atoms with E-state index < -0.39 is 0 Å². The Kier molecular flexibility index (Phi) is 7.69. The SMILES string of the molecule is C=C([C@H](C)NC(CCc1ccccc1)C(=O)OCC)N1Cc2ccccc2C[C@H]1C. The second-order valence-electron chi connectivity index (χ2n) is 8.16. The number of ether oxygens (including phenoxy) is 1. The van der Waals surface area contributed by atoms with Gasteiger partial charge in [0.25, 0.3) is 0 Å². The molecule has 0 radical (unpaired) electrons. The monoisotopic (exact) mass is 406 g/mol. The lowest BCUT2D eigenvalue weighted by Gasteiger charge is -2.40. The van der Waals surface area contributed by atoms with Gasteiger partial charge in [0.2, 0.25) is 0 Å². The lowest BCUT2D eigenvalue weighted by Crippen LogP contribution is -2.49. The van der Waals surface area contributed by atoms with Crippen LogP contribution in [-0.4, -0.2) is 35.6 Å². The van der Waals surface area contributed by atoms with E-state index in [-0.39, 0.29) is 18.1 Å². The summed E-state index contributed by atoms with van der Waals surface area (Å²) in [5, 5.41) is 3.50. The molecule has 4 nitrogen and oxygen atoms in total. The molecule has 1 heterocycles. The number of benzene rings is 2. The third-order valence-electron chi connectivity index (χ3n) is 5.96. The van der Waals surface area contributed by atoms with Crippen LogP contribution in [0, 0.1) is 0 Å². The third kappa shape index (κ3) is 5.51. The Morgan fingerprint density at radius 1 is 1.17 bits per heavy atom. The van der Waals surface area contributed by atoms with Gasteiger partial charge in [0, 0.05) is 24.3 Å². The molecule has 3 atom stereocenters. The Balaban J connectivity index is 1.65. The number of nitrogens with one attached hydrogen (secondary N) is 1. The topological polar surface area (TPSA) is 41.6 Å². The molecular weight excluding hydrogens is 372 g/mol. The van der Waals surface area contributed by atoms with E-state index in [9.17, 15) is 4.79 Å². The molecule has 2 aromatic carbocycles. The fourth-order valence-electron chi connectivity index (χ4n) is 4.18. The number of aryl methyl sites for hydroxylation is 1. The third-order valence-corrected chi connectivity index (χ3v) is 5.96. The predicted molar refractivity (Wildman–Crippen MR) is 122 cm³/mol. The number of fused-ring (bicyclic) bond motifs is 1. The summed E-state index contributed by atoms with van der Waals surface area (Å²) in [5.74, 6) is -0.190. The fourth-order valence-corrected chi connectivity index (χ4v) is 4.18. The van der Waals surface area contributed by atoms with Gasteiger partial charge >= 0.3 is 5.97 Å². The van der Waals surface area contributed by atoms with Crippen molar-refractivity contribution in [2.24, 2.45) is 0 Å². The lowest BCUT2D eigenvalue weighted by atomic mass is 9.93. The number of hydrogen-bond acceptors (Lipinski definition) is 4. The van der Waals surface area contributed by atoms with Crippen molar-refractivity contribution in [3.63, 3.8) is 0 Å². The fraction of sp³-hybridized carbons (Fsp3) is 0.423.